The highest BCUT2D eigenvalue weighted by Crippen LogP contribution is 2.31. The molecule has 7 heteroatoms. The number of hydrogen-bond donors (Lipinski definition) is 1. The Morgan fingerprint density at radius 1 is 1.31 bits per heavy atom. The first-order valence-electron chi connectivity index (χ1n) is 8.10. The number of carbonyl (C=O) groups is 2. The number of thioether (sulfide) groups is 1. The lowest BCUT2D eigenvalue weighted by Crippen LogP contribution is -2.28. The molecule has 0 aliphatic carbocycles. The fourth-order valence-electron chi connectivity index (χ4n) is 2.92. The van der Waals surface area contributed by atoms with Crippen LogP contribution >= 0.6 is 23.4 Å². The van der Waals surface area contributed by atoms with Gasteiger partial charge in [0.05, 0.1) is 18.7 Å². The van der Waals surface area contributed by atoms with Gasteiger partial charge in [-0.1, -0.05) is 17.7 Å². The molecule has 1 atom stereocenters. The smallest absolute Gasteiger partial charge is 0.229 e. The van der Waals surface area contributed by atoms with E-state index in [1.165, 1.54) is 7.11 Å². The summed E-state index contributed by atoms with van der Waals surface area (Å²) in [5.74, 6) is -0.176. The first kappa shape index (κ1) is 18.6. The topological polar surface area (TPSA) is 58.6 Å². The lowest BCUT2D eigenvalue weighted by atomic mass is 10.1. The van der Waals surface area contributed by atoms with Crippen LogP contribution in [-0.4, -0.2) is 31.7 Å². The fraction of sp³-hybridized carbons (Fsp3) is 0.263. The predicted molar refractivity (Wildman–Crippen MR) is 105 cm³/mol. The van der Waals surface area contributed by atoms with Crippen molar-refractivity contribution in [3.63, 3.8) is 0 Å². The Hall–Kier alpha value is -2.18. The lowest BCUT2D eigenvalue weighted by molar-refractivity contribution is -0.122. The van der Waals surface area contributed by atoms with Crippen molar-refractivity contribution in [2.45, 2.75) is 11.3 Å². The minimum Gasteiger partial charge on any atom is -0.495 e. The molecule has 2 aromatic carbocycles. The van der Waals surface area contributed by atoms with Gasteiger partial charge in [0.15, 0.2) is 0 Å². The van der Waals surface area contributed by atoms with Crippen molar-refractivity contribution < 1.29 is 14.3 Å². The van der Waals surface area contributed by atoms with Crippen LogP contribution < -0.4 is 15.0 Å². The van der Waals surface area contributed by atoms with E-state index in [0.717, 1.165) is 10.6 Å². The van der Waals surface area contributed by atoms with Gasteiger partial charge in [-0.3, -0.25) is 9.59 Å². The van der Waals surface area contributed by atoms with E-state index in [1.807, 2.05) is 30.5 Å². The number of ether oxygens (including phenoxy) is 1. The Kier molecular flexibility index (Phi) is 5.74. The number of nitrogens with zero attached hydrogens (tertiary/aromatic N) is 1. The van der Waals surface area contributed by atoms with Crippen molar-refractivity contribution in [2.75, 3.05) is 30.1 Å². The number of carbonyl (C=O) groups excluding carboxylic acids is 2. The van der Waals surface area contributed by atoms with Crippen molar-refractivity contribution in [1.82, 2.24) is 0 Å². The minimum atomic E-state index is -0.427. The van der Waals surface area contributed by atoms with Gasteiger partial charge in [0.1, 0.15) is 5.75 Å². The lowest BCUT2D eigenvalue weighted by Gasteiger charge is -2.18. The van der Waals surface area contributed by atoms with E-state index >= 15 is 0 Å². The molecule has 2 amide bonds. The zero-order valence-electron chi connectivity index (χ0n) is 14.5. The van der Waals surface area contributed by atoms with Crippen molar-refractivity contribution in [3.8, 4) is 5.75 Å². The number of halogens is 1. The maximum Gasteiger partial charge on any atom is 0.229 e. The number of benzene rings is 2. The Bertz CT molecular complexity index is 843. The predicted octanol–water partition coefficient (Wildman–Crippen LogP) is 4.06. The number of amides is 2. The Labute approximate surface area is 161 Å². The molecule has 0 bridgehead atoms. The van der Waals surface area contributed by atoms with E-state index in [4.69, 9.17) is 16.3 Å². The van der Waals surface area contributed by atoms with Crippen LogP contribution in [0, 0.1) is 5.92 Å². The molecule has 0 spiro atoms. The van der Waals surface area contributed by atoms with Crippen LogP contribution in [-0.2, 0) is 9.59 Å². The first-order valence-corrected chi connectivity index (χ1v) is 9.71. The second kappa shape index (κ2) is 8.01. The van der Waals surface area contributed by atoms with Gasteiger partial charge in [-0.15, -0.1) is 11.8 Å². The standard InChI is InChI=1S/C19H19ClN2O3S/c1-25-17-7-6-13(20)9-16(17)21-19(24)12-8-18(23)22(11-12)14-4-3-5-15(10-14)26-2/h3-7,9-10,12H,8,11H2,1-2H3,(H,21,24)/t12-/m1/s1. The van der Waals surface area contributed by atoms with Crippen molar-refractivity contribution >= 4 is 46.6 Å². The zero-order chi connectivity index (χ0) is 18.7. The molecule has 3 rings (SSSR count). The van der Waals surface area contributed by atoms with Crippen LogP contribution in [0.4, 0.5) is 11.4 Å². The third kappa shape index (κ3) is 3.97. The summed E-state index contributed by atoms with van der Waals surface area (Å²) in [6, 6.07) is 12.8. The fourth-order valence-corrected chi connectivity index (χ4v) is 3.55. The number of hydrogen-bond acceptors (Lipinski definition) is 4. The molecule has 5 nitrogen and oxygen atoms in total. The zero-order valence-corrected chi connectivity index (χ0v) is 16.1. The highest BCUT2D eigenvalue weighted by Gasteiger charge is 2.35. The highest BCUT2D eigenvalue weighted by molar-refractivity contribution is 7.98. The molecule has 1 saturated heterocycles. The van der Waals surface area contributed by atoms with Gasteiger partial charge in [0, 0.05) is 28.6 Å². The Balaban J connectivity index is 1.74. The van der Waals surface area contributed by atoms with Crippen molar-refractivity contribution in [1.29, 1.82) is 0 Å². The van der Waals surface area contributed by atoms with Crippen LogP contribution in [0.1, 0.15) is 6.42 Å². The number of rotatable bonds is 5. The van der Waals surface area contributed by atoms with Gasteiger partial charge in [-0.05, 0) is 42.7 Å². The van der Waals surface area contributed by atoms with E-state index in [2.05, 4.69) is 5.32 Å². The van der Waals surface area contributed by atoms with E-state index in [0.29, 0.717) is 23.0 Å². The highest BCUT2D eigenvalue weighted by atomic mass is 35.5. The average molecular weight is 391 g/mol. The quantitative estimate of drug-likeness (QED) is 0.782. The summed E-state index contributed by atoms with van der Waals surface area (Å²) in [4.78, 5) is 27.8. The van der Waals surface area contributed by atoms with Gasteiger partial charge in [-0.2, -0.15) is 0 Å². The molecule has 1 fully saturated rings. The third-order valence-electron chi connectivity index (χ3n) is 4.28. The summed E-state index contributed by atoms with van der Waals surface area (Å²) >= 11 is 7.61. The molecule has 1 heterocycles. The van der Waals surface area contributed by atoms with E-state index in [-0.39, 0.29) is 18.2 Å². The summed E-state index contributed by atoms with van der Waals surface area (Å²) in [6.45, 7) is 0.353. The average Bonchev–Trinajstić information content (AvgIpc) is 3.04. The van der Waals surface area contributed by atoms with Gasteiger partial charge in [0.25, 0.3) is 0 Å². The maximum absolute atomic E-state index is 12.6. The summed E-state index contributed by atoms with van der Waals surface area (Å²) in [6.07, 6.45) is 2.16. The van der Waals surface area contributed by atoms with E-state index in [9.17, 15) is 9.59 Å². The van der Waals surface area contributed by atoms with Crippen molar-refractivity contribution in [2.24, 2.45) is 5.92 Å². The normalized spacial score (nSPS) is 16.7. The summed E-state index contributed by atoms with van der Waals surface area (Å²) in [5, 5.41) is 3.33. The van der Waals surface area contributed by atoms with E-state index < -0.39 is 5.92 Å². The molecule has 1 N–H and O–H groups in total. The second-order valence-electron chi connectivity index (χ2n) is 5.94. The van der Waals surface area contributed by atoms with Gasteiger partial charge >= 0.3 is 0 Å². The molecule has 26 heavy (non-hydrogen) atoms. The summed E-state index contributed by atoms with van der Waals surface area (Å²) in [7, 11) is 1.53. The van der Waals surface area contributed by atoms with Crippen LogP contribution in [0.3, 0.4) is 0 Å². The first-order chi connectivity index (χ1) is 12.5. The summed E-state index contributed by atoms with van der Waals surface area (Å²) in [5.41, 5.74) is 1.32. The monoisotopic (exact) mass is 390 g/mol. The molecular weight excluding hydrogens is 372 g/mol. The maximum atomic E-state index is 12.6. The van der Waals surface area contributed by atoms with Crippen LogP contribution in [0.15, 0.2) is 47.4 Å². The molecule has 0 radical (unpaired) electrons. The largest absolute Gasteiger partial charge is 0.495 e. The molecular formula is C19H19ClN2O3S. The molecule has 0 aromatic heterocycles. The number of anilines is 2. The van der Waals surface area contributed by atoms with Gasteiger partial charge in [-0.25, -0.2) is 0 Å². The SMILES string of the molecule is COc1ccc(Cl)cc1NC(=O)[C@@H]1CC(=O)N(c2cccc(SC)c2)C1. The van der Waals surface area contributed by atoms with Crippen LogP contribution in [0.5, 0.6) is 5.75 Å². The Morgan fingerprint density at radius 3 is 2.85 bits per heavy atom. The molecule has 1 aliphatic rings. The summed E-state index contributed by atoms with van der Waals surface area (Å²) < 4.78 is 5.25. The molecule has 2 aromatic rings. The molecule has 0 unspecified atom stereocenters. The van der Waals surface area contributed by atoms with E-state index in [1.54, 1.807) is 34.9 Å². The molecule has 1 aliphatic heterocycles. The molecule has 136 valence electrons. The third-order valence-corrected chi connectivity index (χ3v) is 5.24. The number of nitrogens with one attached hydrogen (secondary N) is 1. The molecule has 0 saturated carbocycles. The number of methoxy groups -OCH3 is 1. The van der Waals surface area contributed by atoms with Crippen LogP contribution in [0.25, 0.3) is 0 Å². The van der Waals surface area contributed by atoms with Crippen LogP contribution in [0.2, 0.25) is 5.02 Å². The Morgan fingerprint density at radius 2 is 2.12 bits per heavy atom. The van der Waals surface area contributed by atoms with Crippen molar-refractivity contribution in [3.05, 3.63) is 47.5 Å². The minimum absolute atomic E-state index is 0.0542. The van der Waals surface area contributed by atoms with Gasteiger partial charge in [0.2, 0.25) is 11.8 Å². The second-order valence-corrected chi connectivity index (χ2v) is 7.26. The van der Waals surface area contributed by atoms with Gasteiger partial charge < -0.3 is 15.0 Å².